The topological polar surface area (TPSA) is 23.8 Å². The van der Waals surface area contributed by atoms with Gasteiger partial charge in [0.1, 0.15) is 0 Å². The van der Waals surface area contributed by atoms with Gasteiger partial charge in [0.2, 0.25) is 0 Å². The van der Waals surface area contributed by atoms with Gasteiger partial charge in [-0.25, -0.2) is 0 Å². The first-order chi connectivity index (χ1) is 22.7. The van der Waals surface area contributed by atoms with E-state index in [2.05, 4.69) is 127 Å². The largest absolute Gasteiger partial charge is 0.192 e. The lowest BCUT2D eigenvalue weighted by atomic mass is 9.90. The lowest BCUT2D eigenvalue weighted by Gasteiger charge is -2.14. The highest BCUT2D eigenvalue weighted by Gasteiger charge is 2.15. The average Bonchev–Trinajstić information content (AvgIpc) is 3.70. The molecule has 0 N–H and O–H groups in total. The molecule has 214 valence electrons. The smallest absolute Gasteiger partial charge is 0.0992 e. The lowest BCUT2D eigenvalue weighted by molar-refractivity contribution is 1.48. The first-order valence-electron chi connectivity index (χ1n) is 15.3. The number of hydrogen-bond donors (Lipinski definition) is 0. The van der Waals surface area contributed by atoms with E-state index in [1.54, 1.807) is 0 Å². The van der Waals surface area contributed by atoms with Gasteiger partial charge in [-0.15, -0.1) is 22.7 Å². The van der Waals surface area contributed by atoms with Gasteiger partial charge in [0.25, 0.3) is 0 Å². The number of nitriles is 1. The van der Waals surface area contributed by atoms with Gasteiger partial charge in [-0.3, -0.25) is 0 Å². The number of benzene rings is 7. The standard InChI is InChI=1S/C43H25NS2/c44-26-27-19-30(28-9-2-1-3-10-28)21-31(20-27)33-22-32(29-17-18-42-39(25-29)37-12-5-6-15-40(37)45-42)23-34(24-33)35-13-8-14-38-36-11-4-7-16-41(36)46-43(35)38/h1-25H. The van der Waals surface area contributed by atoms with E-state index in [1.807, 2.05) is 53.0 Å². The fraction of sp³-hybridized carbons (Fsp3) is 0. The molecule has 3 heteroatoms. The van der Waals surface area contributed by atoms with Crippen LogP contribution in [0.2, 0.25) is 0 Å². The van der Waals surface area contributed by atoms with Crippen LogP contribution < -0.4 is 0 Å². The second-order valence-electron chi connectivity index (χ2n) is 11.7. The molecular formula is C43H25NS2. The van der Waals surface area contributed by atoms with Crippen molar-refractivity contribution in [2.45, 2.75) is 0 Å². The molecule has 0 fully saturated rings. The number of fused-ring (bicyclic) bond motifs is 6. The van der Waals surface area contributed by atoms with E-state index >= 15 is 0 Å². The van der Waals surface area contributed by atoms with Gasteiger partial charge in [-0.05, 0) is 105 Å². The maximum absolute atomic E-state index is 10.1. The van der Waals surface area contributed by atoms with Crippen LogP contribution in [-0.4, -0.2) is 0 Å². The Hall–Kier alpha value is -5.53. The van der Waals surface area contributed by atoms with Gasteiger partial charge in [-0.1, -0.05) is 91.0 Å². The first kappa shape index (κ1) is 26.8. The molecule has 9 rings (SSSR count). The Morgan fingerprint density at radius 3 is 1.70 bits per heavy atom. The van der Waals surface area contributed by atoms with E-state index in [0.717, 1.165) is 27.8 Å². The molecule has 9 aromatic rings. The van der Waals surface area contributed by atoms with E-state index in [4.69, 9.17) is 0 Å². The summed E-state index contributed by atoms with van der Waals surface area (Å²) in [5.41, 5.74) is 9.66. The Labute approximate surface area is 274 Å². The summed E-state index contributed by atoms with van der Waals surface area (Å²) in [6.45, 7) is 0. The monoisotopic (exact) mass is 619 g/mol. The van der Waals surface area contributed by atoms with Gasteiger partial charge >= 0.3 is 0 Å². The van der Waals surface area contributed by atoms with Crippen LogP contribution in [0.5, 0.6) is 0 Å². The molecule has 46 heavy (non-hydrogen) atoms. The Kier molecular flexibility index (Phi) is 6.31. The number of thiophene rings is 2. The van der Waals surface area contributed by atoms with Gasteiger partial charge in [-0.2, -0.15) is 5.26 Å². The van der Waals surface area contributed by atoms with Gasteiger partial charge in [0.05, 0.1) is 11.6 Å². The molecular weight excluding hydrogens is 595 g/mol. The average molecular weight is 620 g/mol. The SMILES string of the molecule is N#Cc1cc(-c2ccccc2)cc(-c2cc(-c3ccc4sc5ccccc5c4c3)cc(-c3cccc4c3sc3ccccc34)c2)c1. The van der Waals surface area contributed by atoms with Crippen molar-refractivity contribution in [1.82, 2.24) is 0 Å². The minimum atomic E-state index is 0.654. The summed E-state index contributed by atoms with van der Waals surface area (Å²) in [7, 11) is 0. The van der Waals surface area contributed by atoms with Crippen LogP contribution in [-0.2, 0) is 0 Å². The third-order valence-electron chi connectivity index (χ3n) is 8.86. The molecule has 0 saturated carbocycles. The lowest BCUT2D eigenvalue weighted by Crippen LogP contribution is -1.89. The zero-order chi connectivity index (χ0) is 30.6. The number of nitrogens with zero attached hydrogens (tertiary/aromatic N) is 1. The molecule has 2 heterocycles. The molecule has 7 aromatic carbocycles. The molecule has 0 bridgehead atoms. The Bertz CT molecular complexity index is 2650. The van der Waals surface area contributed by atoms with Crippen molar-refractivity contribution >= 4 is 63.0 Å². The predicted molar refractivity (Wildman–Crippen MR) is 199 cm³/mol. The maximum Gasteiger partial charge on any atom is 0.0992 e. The van der Waals surface area contributed by atoms with E-state index in [1.165, 1.54) is 57.0 Å². The molecule has 0 unspecified atom stereocenters. The fourth-order valence-corrected chi connectivity index (χ4v) is 8.98. The van der Waals surface area contributed by atoms with Crippen molar-refractivity contribution in [3.63, 3.8) is 0 Å². The predicted octanol–water partition coefficient (Wildman–Crippen LogP) is 13.0. The molecule has 0 radical (unpaired) electrons. The molecule has 0 atom stereocenters. The highest BCUT2D eigenvalue weighted by molar-refractivity contribution is 7.26. The van der Waals surface area contributed by atoms with Gasteiger partial charge in [0.15, 0.2) is 0 Å². The van der Waals surface area contributed by atoms with Crippen LogP contribution in [0.25, 0.3) is 84.9 Å². The third kappa shape index (κ3) is 4.51. The minimum Gasteiger partial charge on any atom is -0.192 e. The summed E-state index contributed by atoms with van der Waals surface area (Å²) in [6, 6.07) is 56.7. The molecule has 2 aromatic heterocycles. The van der Waals surface area contributed by atoms with Gasteiger partial charge < -0.3 is 0 Å². The molecule has 0 aliphatic rings. The van der Waals surface area contributed by atoms with Crippen LogP contribution in [0.15, 0.2) is 152 Å². The number of hydrogen-bond acceptors (Lipinski definition) is 3. The first-order valence-corrected chi connectivity index (χ1v) is 16.9. The van der Waals surface area contributed by atoms with Crippen molar-refractivity contribution in [1.29, 1.82) is 5.26 Å². The highest BCUT2D eigenvalue weighted by Crippen LogP contribution is 2.43. The molecule has 0 aliphatic carbocycles. The summed E-state index contributed by atoms with van der Waals surface area (Å²) in [5.74, 6) is 0. The molecule has 1 nitrogen and oxygen atoms in total. The third-order valence-corrected chi connectivity index (χ3v) is 11.2. The quantitative estimate of drug-likeness (QED) is 0.192. The second-order valence-corrected chi connectivity index (χ2v) is 13.8. The summed E-state index contributed by atoms with van der Waals surface area (Å²) in [6.07, 6.45) is 0. The van der Waals surface area contributed by atoms with E-state index in [-0.39, 0.29) is 0 Å². The molecule has 0 aliphatic heterocycles. The summed E-state index contributed by atoms with van der Waals surface area (Å²) < 4.78 is 5.19. The van der Waals surface area contributed by atoms with Crippen molar-refractivity contribution in [2.24, 2.45) is 0 Å². The van der Waals surface area contributed by atoms with Crippen molar-refractivity contribution < 1.29 is 0 Å². The van der Waals surface area contributed by atoms with Crippen molar-refractivity contribution in [2.75, 3.05) is 0 Å². The van der Waals surface area contributed by atoms with Crippen molar-refractivity contribution in [3.8, 4) is 50.6 Å². The normalized spacial score (nSPS) is 11.5. The number of rotatable bonds is 4. The zero-order valence-electron chi connectivity index (χ0n) is 24.7. The van der Waals surface area contributed by atoms with Crippen LogP contribution >= 0.6 is 22.7 Å². The molecule has 0 saturated heterocycles. The highest BCUT2D eigenvalue weighted by atomic mass is 32.1. The van der Waals surface area contributed by atoms with Crippen LogP contribution in [0, 0.1) is 11.3 Å². The van der Waals surface area contributed by atoms with Gasteiger partial charge in [0, 0.05) is 40.3 Å². The minimum absolute atomic E-state index is 0.654. The van der Waals surface area contributed by atoms with Crippen molar-refractivity contribution in [3.05, 3.63) is 157 Å². The zero-order valence-corrected chi connectivity index (χ0v) is 26.3. The fourth-order valence-electron chi connectivity index (χ4n) is 6.65. The summed E-state index contributed by atoms with van der Waals surface area (Å²) in [5, 5.41) is 15.2. The Morgan fingerprint density at radius 1 is 0.370 bits per heavy atom. The summed E-state index contributed by atoms with van der Waals surface area (Å²) >= 11 is 3.70. The summed E-state index contributed by atoms with van der Waals surface area (Å²) in [4.78, 5) is 0. The van der Waals surface area contributed by atoms with E-state index in [0.29, 0.717) is 5.56 Å². The van der Waals surface area contributed by atoms with Crippen LogP contribution in [0.3, 0.4) is 0 Å². The second kappa shape index (κ2) is 10.8. The molecule has 0 amide bonds. The maximum atomic E-state index is 10.1. The Morgan fingerprint density at radius 2 is 0.935 bits per heavy atom. The molecule has 0 spiro atoms. The Balaban J connectivity index is 1.30. The van der Waals surface area contributed by atoms with E-state index in [9.17, 15) is 5.26 Å². The van der Waals surface area contributed by atoms with Crippen LogP contribution in [0.4, 0.5) is 0 Å². The van der Waals surface area contributed by atoms with Crippen LogP contribution in [0.1, 0.15) is 5.56 Å². The van der Waals surface area contributed by atoms with E-state index < -0.39 is 0 Å².